The third-order valence-electron chi connectivity index (χ3n) is 3.18. The zero-order valence-corrected chi connectivity index (χ0v) is 14.6. The van der Waals surface area contributed by atoms with Crippen LogP contribution < -0.4 is 4.57 Å². The number of hydrogen-bond donors (Lipinski definition) is 1. The van der Waals surface area contributed by atoms with Gasteiger partial charge in [0, 0.05) is 24.3 Å². The smallest absolute Gasteiger partial charge is 0.375 e. The van der Waals surface area contributed by atoms with Crippen LogP contribution in [0, 0.1) is 0 Å². The summed E-state index contributed by atoms with van der Waals surface area (Å²) in [4.78, 5) is 20.7. The highest BCUT2D eigenvalue weighted by atomic mass is 32.2. The molecule has 0 spiro atoms. The largest absolute Gasteiger partial charge is 0.472 e. The Balaban J connectivity index is 1.66. The molecular formula is C14H21NO6PS+. The van der Waals surface area contributed by atoms with E-state index in [0.29, 0.717) is 19.6 Å². The van der Waals surface area contributed by atoms with Crippen molar-refractivity contribution in [3.63, 3.8) is 0 Å². The molecule has 1 aliphatic rings. The highest BCUT2D eigenvalue weighted by Gasteiger charge is 2.30. The Bertz CT molecular complexity index is 557. The lowest BCUT2D eigenvalue weighted by Crippen LogP contribution is -2.34. The first kappa shape index (κ1) is 18.6. The number of rotatable bonds is 8. The third-order valence-corrected chi connectivity index (χ3v) is 5.16. The molecule has 3 unspecified atom stereocenters. The van der Waals surface area contributed by atoms with Crippen LogP contribution in [0.5, 0.6) is 0 Å². The number of carbonyl (C=O) groups excluding carboxylic acids is 1. The number of thioether (sulfide) groups is 1. The molecule has 1 fully saturated rings. The van der Waals surface area contributed by atoms with Crippen LogP contribution in [0.2, 0.25) is 0 Å². The zero-order chi connectivity index (χ0) is 16.7. The van der Waals surface area contributed by atoms with E-state index in [-0.39, 0.29) is 29.7 Å². The molecule has 1 saturated heterocycles. The standard InChI is InChI=1S/C14H20NO6PS/c1-12(16)23-14-9-13(19-11-14)10-21-22(17,18)20-8-7-15-5-3-2-4-6-15/h2-6,13-14H,7-11H2,1H3/p+1. The van der Waals surface area contributed by atoms with Crippen molar-refractivity contribution in [3.8, 4) is 0 Å². The minimum atomic E-state index is -4.10. The normalized spacial score (nSPS) is 23.6. The van der Waals surface area contributed by atoms with Gasteiger partial charge in [-0.15, -0.1) is 0 Å². The van der Waals surface area contributed by atoms with Crippen LogP contribution in [-0.4, -0.2) is 41.2 Å². The summed E-state index contributed by atoms with van der Waals surface area (Å²) in [6, 6.07) is 5.61. The molecule has 1 aromatic heterocycles. The summed E-state index contributed by atoms with van der Waals surface area (Å²) in [7, 11) is -4.10. The molecule has 3 atom stereocenters. The van der Waals surface area contributed by atoms with Crippen molar-refractivity contribution in [3.05, 3.63) is 30.6 Å². The minimum absolute atomic E-state index is 0.0266. The molecule has 0 bridgehead atoms. The molecule has 2 heterocycles. The summed E-state index contributed by atoms with van der Waals surface area (Å²) in [6.07, 6.45) is 4.00. The maximum absolute atomic E-state index is 11.8. The van der Waals surface area contributed by atoms with Gasteiger partial charge in [-0.3, -0.25) is 13.8 Å². The van der Waals surface area contributed by atoms with E-state index in [9.17, 15) is 14.3 Å². The molecule has 1 aliphatic heterocycles. The number of phosphoric ester groups is 1. The van der Waals surface area contributed by atoms with Crippen molar-refractivity contribution >= 4 is 24.7 Å². The quantitative estimate of drug-likeness (QED) is 0.555. The van der Waals surface area contributed by atoms with Gasteiger partial charge in [0.15, 0.2) is 24.1 Å². The number of carbonyl (C=O) groups is 1. The number of aromatic nitrogens is 1. The summed E-state index contributed by atoms with van der Waals surface area (Å²) in [5.41, 5.74) is 0. The molecule has 2 rings (SSSR count). The maximum Gasteiger partial charge on any atom is 0.472 e. The Kier molecular flexibility index (Phi) is 7.20. The Morgan fingerprint density at radius 2 is 2.13 bits per heavy atom. The van der Waals surface area contributed by atoms with E-state index in [0.717, 1.165) is 0 Å². The summed E-state index contributed by atoms with van der Waals surface area (Å²) in [5.74, 6) is 0. The fraction of sp³-hybridized carbons (Fsp3) is 0.571. The van der Waals surface area contributed by atoms with Crippen LogP contribution in [0.25, 0.3) is 0 Å². The van der Waals surface area contributed by atoms with E-state index in [1.54, 1.807) is 0 Å². The van der Waals surface area contributed by atoms with Gasteiger partial charge in [-0.1, -0.05) is 17.8 Å². The zero-order valence-electron chi connectivity index (χ0n) is 12.9. The van der Waals surface area contributed by atoms with E-state index in [4.69, 9.17) is 13.8 Å². The summed E-state index contributed by atoms with van der Waals surface area (Å²) in [5, 5.41) is 0.115. The van der Waals surface area contributed by atoms with Gasteiger partial charge in [0.25, 0.3) is 0 Å². The highest BCUT2D eigenvalue weighted by Crippen LogP contribution is 2.43. The second kappa shape index (κ2) is 8.92. The van der Waals surface area contributed by atoms with Crippen molar-refractivity contribution in [2.45, 2.75) is 31.2 Å². The number of hydrogen-bond acceptors (Lipinski definition) is 6. The van der Waals surface area contributed by atoms with Gasteiger partial charge in [-0.25, -0.2) is 9.13 Å². The Morgan fingerprint density at radius 1 is 1.39 bits per heavy atom. The number of nitrogens with zero attached hydrogens (tertiary/aromatic N) is 1. The first-order chi connectivity index (χ1) is 10.9. The topological polar surface area (TPSA) is 85.9 Å². The van der Waals surface area contributed by atoms with E-state index < -0.39 is 7.82 Å². The van der Waals surface area contributed by atoms with Crippen LogP contribution in [0.1, 0.15) is 13.3 Å². The van der Waals surface area contributed by atoms with Crippen molar-refractivity contribution in [2.75, 3.05) is 19.8 Å². The number of pyridine rings is 1. The molecule has 128 valence electrons. The molecule has 1 N–H and O–H groups in total. The monoisotopic (exact) mass is 362 g/mol. The molecule has 7 nitrogen and oxygen atoms in total. The van der Waals surface area contributed by atoms with Crippen LogP contribution in [0.3, 0.4) is 0 Å². The molecule has 0 aromatic carbocycles. The van der Waals surface area contributed by atoms with E-state index in [1.165, 1.54) is 18.7 Å². The maximum atomic E-state index is 11.8. The Hall–Kier alpha value is -0.760. The van der Waals surface area contributed by atoms with Crippen molar-refractivity contribution in [1.82, 2.24) is 0 Å². The lowest BCUT2D eigenvalue weighted by molar-refractivity contribution is -0.697. The van der Waals surface area contributed by atoms with Crippen LogP contribution in [0.4, 0.5) is 0 Å². The van der Waals surface area contributed by atoms with E-state index in [1.807, 2.05) is 35.2 Å². The van der Waals surface area contributed by atoms with Crippen LogP contribution in [0.15, 0.2) is 30.6 Å². The highest BCUT2D eigenvalue weighted by molar-refractivity contribution is 8.14. The fourth-order valence-corrected chi connectivity index (χ4v) is 3.83. The van der Waals surface area contributed by atoms with Gasteiger partial charge in [0.1, 0.15) is 6.61 Å². The van der Waals surface area contributed by atoms with E-state index >= 15 is 0 Å². The predicted molar refractivity (Wildman–Crippen MR) is 84.8 cm³/mol. The molecule has 1 aromatic rings. The average Bonchev–Trinajstić information content (AvgIpc) is 2.93. The first-order valence-corrected chi connectivity index (χ1v) is 9.67. The van der Waals surface area contributed by atoms with Gasteiger partial charge < -0.3 is 9.63 Å². The SMILES string of the molecule is CC(=O)SC1COC(COP(=O)(O)OCC[n+]2ccccc2)C1. The van der Waals surface area contributed by atoms with Crippen molar-refractivity contribution in [2.24, 2.45) is 0 Å². The Morgan fingerprint density at radius 3 is 2.83 bits per heavy atom. The molecule has 23 heavy (non-hydrogen) atoms. The minimum Gasteiger partial charge on any atom is -0.375 e. The second-order valence-electron chi connectivity index (χ2n) is 5.13. The second-order valence-corrected chi connectivity index (χ2v) is 8.06. The Labute approximate surface area is 139 Å². The third kappa shape index (κ3) is 7.12. The predicted octanol–water partition coefficient (Wildman–Crippen LogP) is 1.54. The van der Waals surface area contributed by atoms with Crippen molar-refractivity contribution in [1.29, 1.82) is 0 Å². The summed E-state index contributed by atoms with van der Waals surface area (Å²) < 4.78 is 29.0. The van der Waals surface area contributed by atoms with Crippen LogP contribution >= 0.6 is 19.6 Å². The van der Waals surface area contributed by atoms with E-state index in [2.05, 4.69) is 0 Å². The molecule has 0 amide bonds. The molecule has 9 heteroatoms. The summed E-state index contributed by atoms with van der Waals surface area (Å²) in [6.45, 7) is 2.44. The lowest BCUT2D eigenvalue weighted by atomic mass is 10.2. The number of ether oxygens (including phenoxy) is 1. The van der Waals surface area contributed by atoms with Gasteiger partial charge in [0.05, 0.1) is 19.3 Å². The molecule has 0 saturated carbocycles. The van der Waals surface area contributed by atoms with Gasteiger partial charge in [-0.2, -0.15) is 0 Å². The molecular weight excluding hydrogens is 341 g/mol. The van der Waals surface area contributed by atoms with Gasteiger partial charge in [0.2, 0.25) is 0 Å². The lowest BCUT2D eigenvalue weighted by Gasteiger charge is -2.14. The average molecular weight is 362 g/mol. The van der Waals surface area contributed by atoms with Crippen molar-refractivity contribution < 1.29 is 32.6 Å². The van der Waals surface area contributed by atoms with Crippen LogP contribution in [-0.2, 0) is 29.7 Å². The fourth-order valence-electron chi connectivity index (χ4n) is 2.17. The first-order valence-electron chi connectivity index (χ1n) is 7.29. The van der Waals surface area contributed by atoms with Gasteiger partial charge in [-0.05, 0) is 6.42 Å². The molecule has 0 radical (unpaired) electrons. The summed E-state index contributed by atoms with van der Waals surface area (Å²) >= 11 is 1.23. The number of phosphoric acid groups is 1. The molecule has 0 aliphatic carbocycles. The van der Waals surface area contributed by atoms with Gasteiger partial charge >= 0.3 is 7.82 Å².